The Kier molecular flexibility index (Phi) is 2.91. The molecule has 1 aromatic rings. The molecule has 0 radical (unpaired) electrons. The fraction of sp³-hybridized carbons (Fsp3) is 0.538. The highest BCUT2D eigenvalue weighted by atomic mass is 16.2. The predicted octanol–water partition coefficient (Wildman–Crippen LogP) is 1.56. The highest BCUT2D eigenvalue weighted by Crippen LogP contribution is 2.35. The quantitative estimate of drug-likeness (QED) is 0.843. The lowest BCUT2D eigenvalue weighted by Gasteiger charge is -2.34. The first-order chi connectivity index (χ1) is 7.98. The van der Waals surface area contributed by atoms with Gasteiger partial charge in [0, 0.05) is 6.20 Å². The molecule has 4 nitrogen and oxygen atoms in total. The van der Waals surface area contributed by atoms with Gasteiger partial charge in [-0.3, -0.25) is 14.7 Å². The van der Waals surface area contributed by atoms with E-state index in [4.69, 9.17) is 0 Å². The Hall–Kier alpha value is -1.42. The second kappa shape index (κ2) is 4.11. The van der Waals surface area contributed by atoms with Crippen molar-refractivity contribution < 1.29 is 4.79 Å². The second-order valence-electron chi connectivity index (χ2n) is 5.04. The molecule has 1 saturated heterocycles. The minimum absolute atomic E-state index is 0.0747. The van der Waals surface area contributed by atoms with Gasteiger partial charge in [-0.2, -0.15) is 0 Å². The van der Waals surface area contributed by atoms with Crippen LogP contribution in [0.3, 0.4) is 0 Å². The molecule has 0 aromatic carbocycles. The Morgan fingerprint density at radius 2 is 2.18 bits per heavy atom. The van der Waals surface area contributed by atoms with E-state index < -0.39 is 5.54 Å². The summed E-state index contributed by atoms with van der Waals surface area (Å²) in [6, 6.07) is 5.75. The molecule has 1 aliphatic rings. The molecule has 1 amide bonds. The molecule has 2 rings (SSSR count). The van der Waals surface area contributed by atoms with Gasteiger partial charge in [0.1, 0.15) is 11.7 Å². The lowest BCUT2D eigenvalue weighted by atomic mass is 9.87. The van der Waals surface area contributed by atoms with Crippen molar-refractivity contribution in [1.82, 2.24) is 15.2 Å². The Bertz CT molecular complexity index is 418. The molecule has 2 atom stereocenters. The van der Waals surface area contributed by atoms with Gasteiger partial charge in [-0.15, -0.1) is 0 Å². The third kappa shape index (κ3) is 1.72. The third-order valence-electron chi connectivity index (χ3n) is 3.94. The summed E-state index contributed by atoms with van der Waals surface area (Å²) in [4.78, 5) is 18.5. The molecule has 17 heavy (non-hydrogen) atoms. The zero-order chi connectivity index (χ0) is 12.6. The van der Waals surface area contributed by atoms with Gasteiger partial charge in [0.15, 0.2) is 0 Å². The minimum Gasteiger partial charge on any atom is -0.333 e. The summed E-state index contributed by atoms with van der Waals surface area (Å²) in [5.74, 6) is 0.326. The number of nitrogens with one attached hydrogen (secondary N) is 1. The van der Waals surface area contributed by atoms with Crippen LogP contribution in [-0.2, 0) is 4.79 Å². The highest BCUT2D eigenvalue weighted by molar-refractivity contribution is 5.88. The number of hydrogen-bond acceptors (Lipinski definition) is 3. The van der Waals surface area contributed by atoms with Gasteiger partial charge in [-0.05, 0) is 32.0 Å². The first kappa shape index (κ1) is 12.0. The zero-order valence-corrected chi connectivity index (χ0v) is 10.8. The van der Waals surface area contributed by atoms with Gasteiger partial charge < -0.3 is 5.32 Å². The number of aromatic nitrogens is 1. The lowest BCUT2D eigenvalue weighted by Crippen LogP contribution is -2.49. The van der Waals surface area contributed by atoms with E-state index in [1.807, 2.05) is 32.2 Å². The average Bonchev–Trinajstić information content (AvgIpc) is 2.56. The summed E-state index contributed by atoms with van der Waals surface area (Å²) in [5, 5.41) is 3.02. The highest BCUT2D eigenvalue weighted by Gasteiger charge is 2.50. The van der Waals surface area contributed by atoms with Crippen LogP contribution in [0.25, 0.3) is 0 Å². The molecule has 0 spiro atoms. The molecule has 1 N–H and O–H groups in total. The summed E-state index contributed by atoms with van der Waals surface area (Å²) < 4.78 is 0. The van der Waals surface area contributed by atoms with Crippen molar-refractivity contribution in [2.24, 2.45) is 5.92 Å². The molecule has 0 aliphatic carbocycles. The monoisotopic (exact) mass is 233 g/mol. The topological polar surface area (TPSA) is 45.2 Å². The van der Waals surface area contributed by atoms with Gasteiger partial charge >= 0.3 is 0 Å². The number of carbonyl (C=O) groups is 1. The lowest BCUT2D eigenvalue weighted by molar-refractivity contribution is -0.127. The molecule has 2 heterocycles. The fourth-order valence-corrected chi connectivity index (χ4v) is 2.27. The van der Waals surface area contributed by atoms with Gasteiger partial charge in [-0.1, -0.05) is 19.9 Å². The van der Waals surface area contributed by atoms with Gasteiger partial charge in [0.2, 0.25) is 5.91 Å². The zero-order valence-electron chi connectivity index (χ0n) is 10.8. The van der Waals surface area contributed by atoms with E-state index >= 15 is 0 Å². The van der Waals surface area contributed by atoms with Crippen LogP contribution in [0, 0.1) is 5.92 Å². The molecule has 92 valence electrons. The molecule has 0 saturated carbocycles. The van der Waals surface area contributed by atoms with Crippen molar-refractivity contribution in [2.75, 3.05) is 7.05 Å². The van der Waals surface area contributed by atoms with Crippen LogP contribution in [0.5, 0.6) is 0 Å². The summed E-state index contributed by atoms with van der Waals surface area (Å²) in [6.45, 7) is 6.11. The van der Waals surface area contributed by atoms with E-state index in [1.165, 1.54) is 0 Å². The van der Waals surface area contributed by atoms with Crippen LogP contribution >= 0.6 is 0 Å². The van der Waals surface area contributed by atoms with Crippen LogP contribution < -0.4 is 5.32 Å². The molecule has 1 aromatic heterocycles. The van der Waals surface area contributed by atoms with Gasteiger partial charge in [-0.25, -0.2) is 0 Å². The average molecular weight is 233 g/mol. The molecule has 1 fully saturated rings. The van der Waals surface area contributed by atoms with Crippen molar-refractivity contribution in [1.29, 1.82) is 0 Å². The molecular weight excluding hydrogens is 214 g/mol. The third-order valence-corrected chi connectivity index (χ3v) is 3.94. The number of rotatable bonds is 2. The van der Waals surface area contributed by atoms with Crippen LogP contribution in [0.15, 0.2) is 24.4 Å². The van der Waals surface area contributed by atoms with Crippen molar-refractivity contribution in [3.8, 4) is 0 Å². The maximum atomic E-state index is 12.2. The number of amides is 1. The minimum atomic E-state index is -0.470. The second-order valence-corrected chi connectivity index (χ2v) is 5.04. The maximum absolute atomic E-state index is 12.2. The summed E-state index contributed by atoms with van der Waals surface area (Å²) in [6.07, 6.45) is 1.62. The van der Waals surface area contributed by atoms with E-state index in [0.29, 0.717) is 0 Å². The van der Waals surface area contributed by atoms with Crippen LogP contribution in [0.2, 0.25) is 0 Å². The molecule has 1 aliphatic heterocycles. The number of hydrogen-bond donors (Lipinski definition) is 1. The molecular formula is C13H19N3O. The number of nitrogens with zero attached hydrogens (tertiary/aromatic N) is 2. The largest absolute Gasteiger partial charge is 0.333 e. The molecule has 0 unspecified atom stereocenters. The van der Waals surface area contributed by atoms with E-state index in [1.54, 1.807) is 6.20 Å². The smallest absolute Gasteiger partial charge is 0.242 e. The Morgan fingerprint density at radius 1 is 1.47 bits per heavy atom. The van der Waals surface area contributed by atoms with Crippen LogP contribution in [0.1, 0.15) is 32.6 Å². The maximum Gasteiger partial charge on any atom is 0.242 e. The fourth-order valence-electron chi connectivity index (χ4n) is 2.27. The number of pyridine rings is 1. The van der Waals surface area contributed by atoms with E-state index in [2.05, 4.69) is 29.0 Å². The van der Waals surface area contributed by atoms with Crippen molar-refractivity contribution in [3.05, 3.63) is 30.1 Å². The molecule has 4 heteroatoms. The van der Waals surface area contributed by atoms with E-state index in [0.717, 1.165) is 5.69 Å². The molecule has 0 bridgehead atoms. The number of carbonyl (C=O) groups excluding carboxylic acids is 1. The summed E-state index contributed by atoms with van der Waals surface area (Å²) >= 11 is 0. The summed E-state index contributed by atoms with van der Waals surface area (Å²) in [7, 11) is 1.97. The Morgan fingerprint density at radius 3 is 2.65 bits per heavy atom. The number of likely N-dealkylation sites (N-methyl/N-ethyl adjacent to an activating group) is 1. The van der Waals surface area contributed by atoms with Crippen molar-refractivity contribution in [3.63, 3.8) is 0 Å². The normalized spacial score (nSPS) is 29.7. The first-order valence-corrected chi connectivity index (χ1v) is 5.92. The van der Waals surface area contributed by atoms with Crippen LogP contribution in [0.4, 0.5) is 0 Å². The van der Waals surface area contributed by atoms with Gasteiger partial charge in [0.05, 0.1) is 5.69 Å². The Labute approximate surface area is 102 Å². The standard InChI is InChI=1S/C13H19N3O/c1-9(2)13(3)12(17)15-11(16(13)4)10-7-5-6-8-14-10/h5-9,11H,1-4H3,(H,15,17)/t11-,13+/m1/s1. The SMILES string of the molecule is CC(C)[C@@]1(C)C(=O)N[C@@H](c2ccccn2)N1C. The van der Waals surface area contributed by atoms with E-state index in [-0.39, 0.29) is 18.0 Å². The summed E-state index contributed by atoms with van der Waals surface area (Å²) in [5.41, 5.74) is 0.412. The van der Waals surface area contributed by atoms with Crippen molar-refractivity contribution >= 4 is 5.91 Å². The first-order valence-electron chi connectivity index (χ1n) is 5.92. The predicted molar refractivity (Wildman–Crippen MR) is 66.1 cm³/mol. The van der Waals surface area contributed by atoms with Crippen molar-refractivity contribution in [2.45, 2.75) is 32.5 Å². The Balaban J connectivity index is 2.34. The van der Waals surface area contributed by atoms with Crippen LogP contribution in [-0.4, -0.2) is 28.4 Å². The van der Waals surface area contributed by atoms with Gasteiger partial charge in [0.25, 0.3) is 0 Å². The van der Waals surface area contributed by atoms with E-state index in [9.17, 15) is 4.79 Å².